The fourth-order valence-electron chi connectivity index (χ4n) is 3.35. The highest BCUT2D eigenvalue weighted by molar-refractivity contribution is 5.91. The van der Waals surface area contributed by atoms with Crippen molar-refractivity contribution < 1.29 is 14.3 Å². The predicted octanol–water partition coefficient (Wildman–Crippen LogP) is 2.13. The first kappa shape index (κ1) is 17.4. The van der Waals surface area contributed by atoms with Gasteiger partial charge in [0.05, 0.1) is 25.2 Å². The van der Waals surface area contributed by atoms with E-state index >= 15 is 0 Å². The summed E-state index contributed by atoms with van der Waals surface area (Å²) in [6.07, 6.45) is 0.322. The zero-order chi connectivity index (χ0) is 17.8. The van der Waals surface area contributed by atoms with Crippen molar-refractivity contribution >= 4 is 22.6 Å². The maximum absolute atomic E-state index is 12.3. The highest BCUT2D eigenvalue weighted by Crippen LogP contribution is 2.18. The molecule has 1 aliphatic heterocycles. The first-order valence-corrected chi connectivity index (χ1v) is 8.69. The lowest BCUT2D eigenvalue weighted by molar-refractivity contribution is -0.143. The standard InChI is InChI=1S/C20H24N2O3/c1-14-12-22(13-15(2)25-14)20(24)11-21-19(23)10-17-8-5-7-16-6-3-4-9-18(16)17/h3-9,14-15H,10-13H2,1-2H3,(H,21,23)/t14-,15-/m0/s1. The van der Waals surface area contributed by atoms with Crippen LogP contribution in [-0.4, -0.2) is 48.6 Å². The molecule has 0 bridgehead atoms. The van der Waals surface area contributed by atoms with E-state index in [1.807, 2.05) is 56.3 Å². The summed E-state index contributed by atoms with van der Waals surface area (Å²) >= 11 is 0. The fraction of sp³-hybridized carbons (Fsp3) is 0.400. The normalized spacial score (nSPS) is 20.5. The lowest BCUT2D eigenvalue weighted by atomic mass is 10.0. The SMILES string of the molecule is C[C@H]1CN(C(=O)CNC(=O)Cc2cccc3ccccc23)C[C@H](C)O1. The van der Waals surface area contributed by atoms with E-state index in [1.54, 1.807) is 4.90 Å². The Bertz CT molecular complexity index is 759. The van der Waals surface area contributed by atoms with Crippen molar-refractivity contribution in [2.45, 2.75) is 32.5 Å². The Morgan fingerprint density at radius 3 is 2.52 bits per heavy atom. The number of ether oxygens (including phenoxy) is 1. The van der Waals surface area contributed by atoms with Crippen LogP contribution in [0.1, 0.15) is 19.4 Å². The molecular weight excluding hydrogens is 316 g/mol. The van der Waals surface area contributed by atoms with Crippen LogP contribution in [0.4, 0.5) is 0 Å². The van der Waals surface area contributed by atoms with Crippen LogP contribution in [0.5, 0.6) is 0 Å². The van der Waals surface area contributed by atoms with Gasteiger partial charge in [-0.25, -0.2) is 0 Å². The average Bonchev–Trinajstić information content (AvgIpc) is 2.59. The zero-order valence-corrected chi connectivity index (χ0v) is 14.7. The molecule has 0 saturated carbocycles. The maximum Gasteiger partial charge on any atom is 0.242 e. The van der Waals surface area contributed by atoms with Gasteiger partial charge in [-0.1, -0.05) is 42.5 Å². The molecule has 3 rings (SSSR count). The van der Waals surface area contributed by atoms with E-state index in [9.17, 15) is 9.59 Å². The molecule has 0 aliphatic carbocycles. The number of amides is 2. The van der Waals surface area contributed by atoms with E-state index in [4.69, 9.17) is 4.74 Å². The third kappa shape index (κ3) is 4.37. The summed E-state index contributed by atoms with van der Waals surface area (Å²) in [4.78, 5) is 26.3. The Morgan fingerprint density at radius 1 is 1.08 bits per heavy atom. The smallest absolute Gasteiger partial charge is 0.242 e. The molecular formula is C20H24N2O3. The second-order valence-corrected chi connectivity index (χ2v) is 6.65. The molecule has 2 aromatic rings. The number of benzene rings is 2. The summed E-state index contributed by atoms with van der Waals surface area (Å²) in [5.74, 6) is -0.202. The van der Waals surface area contributed by atoms with Gasteiger partial charge < -0.3 is 15.0 Å². The Balaban J connectivity index is 1.56. The number of nitrogens with zero attached hydrogens (tertiary/aromatic N) is 1. The highest BCUT2D eigenvalue weighted by atomic mass is 16.5. The molecule has 1 heterocycles. The fourth-order valence-corrected chi connectivity index (χ4v) is 3.35. The van der Waals surface area contributed by atoms with Crippen LogP contribution < -0.4 is 5.32 Å². The molecule has 0 radical (unpaired) electrons. The van der Waals surface area contributed by atoms with Gasteiger partial charge in [-0.3, -0.25) is 9.59 Å². The summed E-state index contributed by atoms with van der Waals surface area (Å²) in [6, 6.07) is 13.9. The number of carbonyl (C=O) groups is 2. The van der Waals surface area contributed by atoms with Gasteiger partial charge in [-0.15, -0.1) is 0 Å². The van der Waals surface area contributed by atoms with Crippen LogP contribution in [0.15, 0.2) is 42.5 Å². The van der Waals surface area contributed by atoms with E-state index in [1.165, 1.54) is 0 Å². The van der Waals surface area contributed by atoms with E-state index < -0.39 is 0 Å². The topological polar surface area (TPSA) is 58.6 Å². The molecule has 1 aliphatic rings. The van der Waals surface area contributed by atoms with Crippen molar-refractivity contribution in [1.29, 1.82) is 0 Å². The maximum atomic E-state index is 12.3. The summed E-state index contributed by atoms with van der Waals surface area (Å²) in [5, 5.41) is 4.93. The van der Waals surface area contributed by atoms with Crippen LogP contribution >= 0.6 is 0 Å². The Kier molecular flexibility index (Phi) is 5.34. The van der Waals surface area contributed by atoms with Gasteiger partial charge >= 0.3 is 0 Å². The number of carbonyl (C=O) groups excluding carboxylic acids is 2. The Morgan fingerprint density at radius 2 is 1.76 bits per heavy atom. The number of fused-ring (bicyclic) bond motifs is 1. The quantitative estimate of drug-likeness (QED) is 0.928. The van der Waals surface area contributed by atoms with Crippen LogP contribution in [-0.2, 0) is 20.7 Å². The molecule has 5 heteroatoms. The van der Waals surface area contributed by atoms with Gasteiger partial charge in [0.25, 0.3) is 0 Å². The van der Waals surface area contributed by atoms with Crippen molar-refractivity contribution in [3.05, 3.63) is 48.0 Å². The van der Waals surface area contributed by atoms with E-state index in [2.05, 4.69) is 5.32 Å². The van der Waals surface area contributed by atoms with Crippen molar-refractivity contribution in [3.63, 3.8) is 0 Å². The molecule has 25 heavy (non-hydrogen) atoms. The third-order valence-corrected chi connectivity index (χ3v) is 4.44. The molecule has 0 spiro atoms. The number of morpholine rings is 1. The second kappa shape index (κ2) is 7.66. The molecule has 2 amide bonds. The Labute approximate surface area is 148 Å². The van der Waals surface area contributed by atoms with E-state index in [0.717, 1.165) is 16.3 Å². The van der Waals surface area contributed by atoms with Gasteiger partial charge in [0.15, 0.2) is 0 Å². The lowest BCUT2D eigenvalue weighted by Crippen LogP contribution is -2.51. The minimum atomic E-state index is -0.140. The van der Waals surface area contributed by atoms with E-state index in [0.29, 0.717) is 13.1 Å². The summed E-state index contributed by atoms with van der Waals surface area (Å²) in [7, 11) is 0. The molecule has 0 aromatic heterocycles. The minimum absolute atomic E-state index is 0.0269. The van der Waals surface area contributed by atoms with Crippen LogP contribution in [0.3, 0.4) is 0 Å². The van der Waals surface area contributed by atoms with Crippen molar-refractivity contribution in [1.82, 2.24) is 10.2 Å². The van der Waals surface area contributed by atoms with Gasteiger partial charge in [-0.05, 0) is 30.2 Å². The first-order chi connectivity index (χ1) is 12.0. The average molecular weight is 340 g/mol. The minimum Gasteiger partial charge on any atom is -0.372 e. The molecule has 1 N–H and O–H groups in total. The molecule has 1 fully saturated rings. The summed E-state index contributed by atoms with van der Waals surface area (Å²) in [5.41, 5.74) is 0.969. The summed E-state index contributed by atoms with van der Waals surface area (Å²) in [6.45, 7) is 5.08. The highest BCUT2D eigenvalue weighted by Gasteiger charge is 2.25. The molecule has 132 valence electrons. The molecule has 1 saturated heterocycles. The van der Waals surface area contributed by atoms with E-state index in [-0.39, 0.29) is 37.0 Å². The van der Waals surface area contributed by atoms with Crippen LogP contribution in [0.2, 0.25) is 0 Å². The number of hydrogen-bond acceptors (Lipinski definition) is 3. The summed E-state index contributed by atoms with van der Waals surface area (Å²) < 4.78 is 5.63. The van der Waals surface area contributed by atoms with Crippen molar-refractivity contribution in [2.75, 3.05) is 19.6 Å². The largest absolute Gasteiger partial charge is 0.372 e. The molecule has 2 atom stereocenters. The predicted molar refractivity (Wildman–Crippen MR) is 97.3 cm³/mol. The lowest BCUT2D eigenvalue weighted by Gasteiger charge is -2.35. The molecule has 5 nitrogen and oxygen atoms in total. The zero-order valence-electron chi connectivity index (χ0n) is 14.7. The van der Waals surface area contributed by atoms with Gasteiger partial charge in [0.1, 0.15) is 0 Å². The van der Waals surface area contributed by atoms with Crippen LogP contribution in [0, 0.1) is 0 Å². The van der Waals surface area contributed by atoms with Crippen LogP contribution in [0.25, 0.3) is 10.8 Å². The first-order valence-electron chi connectivity index (χ1n) is 8.69. The van der Waals surface area contributed by atoms with Crippen molar-refractivity contribution in [3.8, 4) is 0 Å². The Hall–Kier alpha value is -2.40. The van der Waals surface area contributed by atoms with Gasteiger partial charge in [-0.2, -0.15) is 0 Å². The number of rotatable bonds is 4. The second-order valence-electron chi connectivity index (χ2n) is 6.65. The number of nitrogens with one attached hydrogen (secondary N) is 1. The monoisotopic (exact) mass is 340 g/mol. The van der Waals surface area contributed by atoms with Gasteiger partial charge in [0, 0.05) is 13.1 Å². The number of hydrogen-bond donors (Lipinski definition) is 1. The molecule has 0 unspecified atom stereocenters. The molecule has 2 aromatic carbocycles. The third-order valence-electron chi connectivity index (χ3n) is 4.44. The van der Waals surface area contributed by atoms with Gasteiger partial charge in [0.2, 0.25) is 11.8 Å². The van der Waals surface area contributed by atoms with Crippen molar-refractivity contribution in [2.24, 2.45) is 0 Å².